The summed E-state index contributed by atoms with van der Waals surface area (Å²) in [4.78, 5) is 10.2. The van der Waals surface area contributed by atoms with Crippen LogP contribution in [0.25, 0.3) is 0 Å². The molecular formula is C8H11F3O2. The van der Waals surface area contributed by atoms with Crippen LogP contribution in [0.3, 0.4) is 0 Å². The van der Waals surface area contributed by atoms with Crippen molar-refractivity contribution in [1.82, 2.24) is 0 Å². The van der Waals surface area contributed by atoms with Gasteiger partial charge in [0, 0.05) is 6.42 Å². The van der Waals surface area contributed by atoms with Crippen molar-refractivity contribution in [2.45, 2.75) is 31.9 Å². The third-order valence-corrected chi connectivity index (χ3v) is 2.47. The Bertz CT molecular complexity index is 200. The number of carbonyl (C=O) groups is 1. The summed E-state index contributed by atoms with van der Waals surface area (Å²) >= 11 is 0. The number of hydrogen-bond donors (Lipinski definition) is 1. The molecule has 0 aromatic carbocycles. The smallest absolute Gasteiger partial charge is 0.391 e. The molecule has 2 unspecified atom stereocenters. The van der Waals surface area contributed by atoms with E-state index in [2.05, 4.69) is 0 Å². The molecule has 0 aromatic rings. The average Bonchev–Trinajstić information content (AvgIpc) is 2.32. The first-order valence-corrected chi connectivity index (χ1v) is 4.18. The molecule has 1 fully saturated rings. The molecule has 0 radical (unpaired) electrons. The maximum Gasteiger partial charge on any atom is 0.391 e. The Morgan fingerprint density at radius 2 is 2.00 bits per heavy atom. The highest BCUT2D eigenvalue weighted by molar-refractivity contribution is 5.67. The lowest BCUT2D eigenvalue weighted by Crippen LogP contribution is -2.20. The minimum Gasteiger partial charge on any atom is -0.481 e. The number of aliphatic carboxylic acids is 1. The molecule has 0 spiro atoms. The van der Waals surface area contributed by atoms with E-state index in [0.29, 0.717) is 6.42 Å². The van der Waals surface area contributed by atoms with Crippen LogP contribution in [0.1, 0.15) is 25.7 Å². The van der Waals surface area contributed by atoms with E-state index in [1.54, 1.807) is 0 Å². The second-order valence-corrected chi connectivity index (χ2v) is 3.52. The summed E-state index contributed by atoms with van der Waals surface area (Å²) in [7, 11) is 0. The Morgan fingerprint density at radius 3 is 2.38 bits per heavy atom. The van der Waals surface area contributed by atoms with Crippen LogP contribution in [0.5, 0.6) is 0 Å². The summed E-state index contributed by atoms with van der Waals surface area (Å²) in [5.41, 5.74) is 0. The first-order valence-electron chi connectivity index (χ1n) is 4.18. The van der Waals surface area contributed by atoms with E-state index in [1.165, 1.54) is 0 Å². The summed E-state index contributed by atoms with van der Waals surface area (Å²) in [6, 6.07) is 0. The number of alkyl halides is 3. The van der Waals surface area contributed by atoms with E-state index in [1.807, 2.05) is 0 Å². The van der Waals surface area contributed by atoms with Crippen molar-refractivity contribution in [3.8, 4) is 0 Å². The van der Waals surface area contributed by atoms with Crippen LogP contribution < -0.4 is 0 Å². The first-order chi connectivity index (χ1) is 5.89. The summed E-state index contributed by atoms with van der Waals surface area (Å²) in [5.74, 6) is -2.58. The zero-order valence-electron chi connectivity index (χ0n) is 6.97. The van der Waals surface area contributed by atoms with E-state index < -0.39 is 18.1 Å². The van der Waals surface area contributed by atoms with Crippen molar-refractivity contribution in [2.24, 2.45) is 11.8 Å². The highest BCUT2D eigenvalue weighted by Gasteiger charge is 2.44. The summed E-state index contributed by atoms with van der Waals surface area (Å²) in [6.07, 6.45) is -3.83. The Labute approximate surface area is 73.7 Å². The minimum atomic E-state index is -4.15. The second kappa shape index (κ2) is 3.55. The van der Waals surface area contributed by atoms with Crippen LogP contribution >= 0.6 is 0 Å². The third-order valence-electron chi connectivity index (χ3n) is 2.47. The molecule has 0 aromatic heterocycles. The largest absolute Gasteiger partial charge is 0.481 e. The van der Waals surface area contributed by atoms with Crippen LogP contribution in [0.2, 0.25) is 0 Å². The van der Waals surface area contributed by atoms with Gasteiger partial charge in [-0.1, -0.05) is 0 Å². The van der Waals surface area contributed by atoms with Gasteiger partial charge in [-0.3, -0.25) is 4.79 Å². The van der Waals surface area contributed by atoms with Crippen LogP contribution in [0.4, 0.5) is 13.2 Å². The molecule has 1 rings (SSSR count). The Kier molecular flexibility index (Phi) is 2.83. The summed E-state index contributed by atoms with van der Waals surface area (Å²) < 4.78 is 36.4. The number of carboxylic acids is 1. The predicted octanol–water partition coefficient (Wildman–Crippen LogP) is 2.44. The van der Waals surface area contributed by atoms with Crippen LogP contribution in [-0.4, -0.2) is 17.3 Å². The van der Waals surface area contributed by atoms with E-state index in [9.17, 15) is 18.0 Å². The molecule has 0 amide bonds. The van der Waals surface area contributed by atoms with Gasteiger partial charge in [-0.05, 0) is 25.2 Å². The van der Waals surface area contributed by atoms with E-state index in [4.69, 9.17) is 5.11 Å². The molecule has 1 N–H and O–H groups in total. The maximum absolute atomic E-state index is 12.1. The summed E-state index contributed by atoms with van der Waals surface area (Å²) in [6.45, 7) is 0. The lowest BCUT2D eigenvalue weighted by molar-refractivity contribution is -0.173. The van der Waals surface area contributed by atoms with Crippen molar-refractivity contribution in [2.75, 3.05) is 0 Å². The predicted molar refractivity (Wildman–Crippen MR) is 39.1 cm³/mol. The number of hydrogen-bond acceptors (Lipinski definition) is 1. The van der Waals surface area contributed by atoms with Crippen molar-refractivity contribution < 1.29 is 23.1 Å². The van der Waals surface area contributed by atoms with Gasteiger partial charge in [0.15, 0.2) is 0 Å². The second-order valence-electron chi connectivity index (χ2n) is 3.52. The molecule has 76 valence electrons. The van der Waals surface area contributed by atoms with E-state index in [0.717, 1.165) is 0 Å². The zero-order valence-corrected chi connectivity index (χ0v) is 6.97. The van der Waals surface area contributed by atoms with Crippen LogP contribution in [0.15, 0.2) is 0 Å². The molecular weight excluding hydrogens is 185 g/mol. The van der Waals surface area contributed by atoms with Crippen molar-refractivity contribution in [3.05, 3.63) is 0 Å². The number of carboxylic acid groups (broad SMARTS) is 1. The molecule has 2 nitrogen and oxygen atoms in total. The molecule has 5 heteroatoms. The SMILES string of the molecule is O=C(O)CC1CCC(C(F)(F)F)C1. The summed E-state index contributed by atoms with van der Waals surface area (Å²) in [5, 5.41) is 8.38. The number of rotatable bonds is 2. The maximum atomic E-state index is 12.1. The van der Waals surface area contributed by atoms with Gasteiger partial charge in [-0.2, -0.15) is 13.2 Å². The molecule has 0 heterocycles. The van der Waals surface area contributed by atoms with Crippen molar-refractivity contribution >= 4 is 5.97 Å². The quantitative estimate of drug-likeness (QED) is 0.736. The zero-order chi connectivity index (χ0) is 10.1. The lowest BCUT2D eigenvalue weighted by Gasteiger charge is -2.13. The molecule has 0 saturated heterocycles. The van der Waals surface area contributed by atoms with Gasteiger partial charge in [0.05, 0.1) is 5.92 Å². The Hall–Kier alpha value is -0.740. The molecule has 1 aliphatic carbocycles. The standard InChI is InChI=1S/C8H11F3O2/c9-8(10,11)6-2-1-5(3-6)4-7(12)13/h5-6H,1-4H2,(H,12,13). The third kappa shape index (κ3) is 2.90. The van der Waals surface area contributed by atoms with Crippen LogP contribution in [-0.2, 0) is 4.79 Å². The van der Waals surface area contributed by atoms with E-state index >= 15 is 0 Å². The molecule has 2 atom stereocenters. The van der Waals surface area contributed by atoms with Gasteiger partial charge in [0.25, 0.3) is 0 Å². The molecule has 1 aliphatic rings. The molecule has 13 heavy (non-hydrogen) atoms. The first kappa shape index (κ1) is 10.3. The van der Waals surface area contributed by atoms with Crippen molar-refractivity contribution in [1.29, 1.82) is 0 Å². The average molecular weight is 196 g/mol. The van der Waals surface area contributed by atoms with Gasteiger partial charge in [0.2, 0.25) is 0 Å². The monoisotopic (exact) mass is 196 g/mol. The Morgan fingerprint density at radius 1 is 1.38 bits per heavy atom. The van der Waals surface area contributed by atoms with Crippen LogP contribution in [0, 0.1) is 11.8 Å². The molecule has 1 saturated carbocycles. The van der Waals surface area contributed by atoms with Gasteiger partial charge in [-0.25, -0.2) is 0 Å². The van der Waals surface area contributed by atoms with Gasteiger partial charge < -0.3 is 5.11 Å². The highest BCUT2D eigenvalue weighted by atomic mass is 19.4. The van der Waals surface area contributed by atoms with E-state index in [-0.39, 0.29) is 25.2 Å². The van der Waals surface area contributed by atoms with Gasteiger partial charge in [0.1, 0.15) is 0 Å². The van der Waals surface area contributed by atoms with Gasteiger partial charge >= 0.3 is 12.1 Å². The molecule has 0 bridgehead atoms. The molecule has 0 aliphatic heterocycles. The fourth-order valence-electron chi connectivity index (χ4n) is 1.80. The topological polar surface area (TPSA) is 37.3 Å². The number of halogens is 3. The Balaban J connectivity index is 2.41. The fourth-order valence-corrected chi connectivity index (χ4v) is 1.80. The normalized spacial score (nSPS) is 29.2. The fraction of sp³-hybridized carbons (Fsp3) is 0.875. The minimum absolute atomic E-state index is 0.0181. The van der Waals surface area contributed by atoms with Crippen molar-refractivity contribution in [3.63, 3.8) is 0 Å². The highest BCUT2D eigenvalue weighted by Crippen LogP contribution is 2.42. The lowest BCUT2D eigenvalue weighted by atomic mass is 10.0. The van der Waals surface area contributed by atoms with Gasteiger partial charge in [-0.15, -0.1) is 0 Å².